The van der Waals surface area contributed by atoms with Gasteiger partial charge < -0.3 is 9.47 Å². The van der Waals surface area contributed by atoms with Crippen LogP contribution in [0.25, 0.3) is 0 Å². The lowest BCUT2D eigenvalue weighted by Gasteiger charge is -2.11. The Morgan fingerprint density at radius 2 is 1.90 bits per heavy atom. The minimum Gasteiger partial charge on any atom is -0.493 e. The normalized spacial score (nSPS) is 10.2. The van der Waals surface area contributed by atoms with E-state index in [9.17, 15) is 9.59 Å². The predicted molar refractivity (Wildman–Crippen MR) is 77.2 cm³/mol. The van der Waals surface area contributed by atoms with E-state index in [1.807, 2.05) is 32.0 Å². The Kier molecular flexibility index (Phi) is 6.77. The molecule has 0 aliphatic carbocycles. The molecule has 0 unspecified atom stereocenters. The summed E-state index contributed by atoms with van der Waals surface area (Å²) in [6.07, 6.45) is 1.95. The average Bonchev–Trinajstić information content (AvgIpc) is 2.47. The number of hydrogen-bond donors (Lipinski definition) is 0. The molecule has 1 aromatic carbocycles. The van der Waals surface area contributed by atoms with Crippen molar-refractivity contribution < 1.29 is 19.1 Å². The van der Waals surface area contributed by atoms with Gasteiger partial charge >= 0.3 is 5.97 Å². The standard InChI is InChI=1S/C16H22O4/c1-4-12-9-10-15(20-5-2)13(11-12)14(17)7-6-8-16(18)19-3/h9-11H,4-8H2,1-3H3. The van der Waals surface area contributed by atoms with Crippen LogP contribution in [0, 0.1) is 0 Å². The number of hydrogen-bond acceptors (Lipinski definition) is 4. The molecule has 0 atom stereocenters. The second-order valence-corrected chi connectivity index (χ2v) is 4.47. The Hall–Kier alpha value is -1.84. The van der Waals surface area contributed by atoms with Crippen molar-refractivity contribution in [2.24, 2.45) is 0 Å². The van der Waals surface area contributed by atoms with Crippen LogP contribution >= 0.6 is 0 Å². The molecule has 1 aromatic rings. The van der Waals surface area contributed by atoms with Gasteiger partial charge in [-0.25, -0.2) is 0 Å². The van der Waals surface area contributed by atoms with Gasteiger partial charge in [0.15, 0.2) is 5.78 Å². The number of carbonyl (C=O) groups excluding carboxylic acids is 2. The van der Waals surface area contributed by atoms with Gasteiger partial charge in [-0.3, -0.25) is 9.59 Å². The van der Waals surface area contributed by atoms with Gasteiger partial charge in [0.25, 0.3) is 0 Å². The fourth-order valence-electron chi connectivity index (χ4n) is 1.93. The lowest BCUT2D eigenvalue weighted by atomic mass is 10.0. The van der Waals surface area contributed by atoms with Crippen LogP contribution in [0.5, 0.6) is 5.75 Å². The highest BCUT2D eigenvalue weighted by molar-refractivity contribution is 5.99. The maximum atomic E-state index is 12.2. The summed E-state index contributed by atoms with van der Waals surface area (Å²) in [6.45, 7) is 4.45. The first-order valence-corrected chi connectivity index (χ1v) is 6.98. The number of rotatable bonds is 8. The maximum absolute atomic E-state index is 12.2. The SMILES string of the molecule is CCOc1ccc(CC)cc1C(=O)CCCC(=O)OC. The third-order valence-electron chi connectivity index (χ3n) is 3.06. The molecule has 0 aliphatic heterocycles. The Morgan fingerprint density at radius 3 is 2.50 bits per heavy atom. The summed E-state index contributed by atoms with van der Waals surface area (Å²) in [5, 5.41) is 0. The van der Waals surface area contributed by atoms with E-state index >= 15 is 0 Å². The molecule has 0 fully saturated rings. The molecule has 0 aromatic heterocycles. The first-order valence-electron chi connectivity index (χ1n) is 6.98. The molecule has 1 rings (SSSR count). The zero-order valence-corrected chi connectivity index (χ0v) is 12.4. The average molecular weight is 278 g/mol. The highest BCUT2D eigenvalue weighted by Gasteiger charge is 2.14. The molecule has 0 saturated heterocycles. The second-order valence-electron chi connectivity index (χ2n) is 4.47. The van der Waals surface area contributed by atoms with Gasteiger partial charge in [0.05, 0.1) is 19.3 Å². The fourth-order valence-corrected chi connectivity index (χ4v) is 1.93. The summed E-state index contributed by atoms with van der Waals surface area (Å²) >= 11 is 0. The summed E-state index contributed by atoms with van der Waals surface area (Å²) in [5.41, 5.74) is 1.71. The van der Waals surface area contributed by atoms with Gasteiger partial charge in [-0.1, -0.05) is 13.0 Å². The molecule has 0 N–H and O–H groups in total. The lowest BCUT2D eigenvalue weighted by Crippen LogP contribution is -2.07. The van der Waals surface area contributed by atoms with Crippen LogP contribution < -0.4 is 4.74 Å². The molecule has 0 heterocycles. The minimum atomic E-state index is -0.287. The Balaban J connectivity index is 2.76. The van der Waals surface area contributed by atoms with E-state index in [-0.39, 0.29) is 18.2 Å². The molecule has 0 radical (unpaired) electrons. The lowest BCUT2D eigenvalue weighted by molar-refractivity contribution is -0.140. The molecule has 0 spiro atoms. The van der Waals surface area contributed by atoms with Crippen LogP contribution in [0.2, 0.25) is 0 Å². The summed E-state index contributed by atoms with van der Waals surface area (Å²) < 4.78 is 10.1. The van der Waals surface area contributed by atoms with Crippen molar-refractivity contribution in [3.8, 4) is 5.75 Å². The van der Waals surface area contributed by atoms with Crippen molar-refractivity contribution in [2.75, 3.05) is 13.7 Å². The maximum Gasteiger partial charge on any atom is 0.305 e. The van der Waals surface area contributed by atoms with Crippen molar-refractivity contribution in [2.45, 2.75) is 39.5 Å². The van der Waals surface area contributed by atoms with Crippen molar-refractivity contribution in [1.29, 1.82) is 0 Å². The smallest absolute Gasteiger partial charge is 0.305 e. The van der Waals surface area contributed by atoms with Crippen LogP contribution in [0.1, 0.15) is 49.0 Å². The third kappa shape index (κ3) is 4.68. The van der Waals surface area contributed by atoms with Crippen LogP contribution in [0.3, 0.4) is 0 Å². The van der Waals surface area contributed by atoms with Crippen LogP contribution in [0.4, 0.5) is 0 Å². The molecule has 0 bridgehead atoms. The second kappa shape index (κ2) is 8.35. The van der Waals surface area contributed by atoms with E-state index < -0.39 is 0 Å². The van der Waals surface area contributed by atoms with Crippen LogP contribution in [-0.2, 0) is 16.0 Å². The van der Waals surface area contributed by atoms with Crippen LogP contribution in [-0.4, -0.2) is 25.5 Å². The molecule has 0 aliphatic rings. The molecule has 4 heteroatoms. The number of esters is 1. The van der Waals surface area contributed by atoms with Gasteiger partial charge in [-0.2, -0.15) is 0 Å². The zero-order chi connectivity index (χ0) is 15.0. The van der Waals surface area contributed by atoms with Crippen molar-refractivity contribution in [3.63, 3.8) is 0 Å². The highest BCUT2D eigenvalue weighted by Crippen LogP contribution is 2.23. The van der Waals surface area contributed by atoms with E-state index in [0.717, 1.165) is 12.0 Å². The first kappa shape index (κ1) is 16.2. The van der Waals surface area contributed by atoms with Gasteiger partial charge in [0.2, 0.25) is 0 Å². The topological polar surface area (TPSA) is 52.6 Å². The molecular formula is C16H22O4. The molecule has 20 heavy (non-hydrogen) atoms. The summed E-state index contributed by atoms with van der Waals surface area (Å²) in [5.74, 6) is 0.338. The van der Waals surface area contributed by atoms with Crippen molar-refractivity contribution in [1.82, 2.24) is 0 Å². The number of methoxy groups -OCH3 is 1. The van der Waals surface area contributed by atoms with Crippen LogP contribution in [0.15, 0.2) is 18.2 Å². The monoisotopic (exact) mass is 278 g/mol. The number of benzene rings is 1. The Bertz CT molecular complexity index is 466. The Labute approximate surface area is 120 Å². The van der Waals surface area contributed by atoms with Crippen molar-refractivity contribution >= 4 is 11.8 Å². The van der Waals surface area contributed by atoms with Gasteiger partial charge in [-0.05, 0) is 37.5 Å². The highest BCUT2D eigenvalue weighted by atomic mass is 16.5. The summed E-state index contributed by atoms with van der Waals surface area (Å²) in [4.78, 5) is 23.3. The van der Waals surface area contributed by atoms with Gasteiger partial charge in [-0.15, -0.1) is 0 Å². The van der Waals surface area contributed by atoms with Gasteiger partial charge in [0.1, 0.15) is 5.75 Å². The number of Topliss-reactive ketones (excluding diaryl/α,β-unsaturated/α-hetero) is 1. The van der Waals surface area contributed by atoms with E-state index in [4.69, 9.17) is 4.74 Å². The first-order chi connectivity index (χ1) is 9.62. The molecule has 110 valence electrons. The van der Waals surface area contributed by atoms with E-state index in [2.05, 4.69) is 4.74 Å². The molecule has 4 nitrogen and oxygen atoms in total. The van der Waals surface area contributed by atoms with Crippen molar-refractivity contribution in [3.05, 3.63) is 29.3 Å². The zero-order valence-electron chi connectivity index (χ0n) is 12.4. The largest absolute Gasteiger partial charge is 0.493 e. The van der Waals surface area contributed by atoms with E-state index in [0.29, 0.717) is 30.8 Å². The number of carbonyl (C=O) groups is 2. The minimum absolute atomic E-state index is 0.00709. The third-order valence-corrected chi connectivity index (χ3v) is 3.06. The molecular weight excluding hydrogens is 256 g/mol. The number of aryl methyl sites for hydroxylation is 1. The predicted octanol–water partition coefficient (Wildman–Crippen LogP) is 3.17. The summed E-state index contributed by atoms with van der Waals surface area (Å²) in [7, 11) is 1.35. The number of ether oxygens (including phenoxy) is 2. The number of ketones is 1. The Morgan fingerprint density at radius 1 is 1.15 bits per heavy atom. The molecule has 0 saturated carbocycles. The van der Waals surface area contributed by atoms with Gasteiger partial charge in [0, 0.05) is 12.8 Å². The fraction of sp³-hybridized carbons (Fsp3) is 0.500. The van der Waals surface area contributed by atoms with E-state index in [1.165, 1.54) is 7.11 Å². The quantitative estimate of drug-likeness (QED) is 0.541. The van der Waals surface area contributed by atoms with E-state index in [1.54, 1.807) is 0 Å². The molecule has 0 amide bonds. The summed E-state index contributed by atoms with van der Waals surface area (Å²) in [6, 6.07) is 5.69.